The Morgan fingerprint density at radius 2 is 1.92 bits per heavy atom. The quantitative estimate of drug-likeness (QED) is 0.360. The Bertz CT molecular complexity index is 507. The molecule has 0 bridgehead atoms. The first-order chi connectivity index (χ1) is 11.0. The fourth-order valence-corrected chi connectivity index (χ4v) is 1.92. The fraction of sp³-hybridized carbons (Fsp3) is 0.611. The minimum Gasteiger partial charge on any atom is -0.493 e. The Morgan fingerprint density at radius 1 is 1.21 bits per heavy atom. The van der Waals surface area contributed by atoms with Gasteiger partial charge in [0.25, 0.3) is 0 Å². The SMILES string of the molecule is CCCOc1ccc(CNC(=NC)NC(C)C(C)C)cc1OC.I. The third-order valence-corrected chi connectivity index (χ3v) is 3.74. The predicted octanol–water partition coefficient (Wildman–Crippen LogP) is 3.81. The number of guanidine groups is 1. The number of methoxy groups -OCH3 is 1. The van der Waals surface area contributed by atoms with E-state index in [0.717, 1.165) is 29.4 Å². The normalized spacial score (nSPS) is 12.4. The lowest BCUT2D eigenvalue weighted by molar-refractivity contribution is 0.294. The van der Waals surface area contributed by atoms with Gasteiger partial charge >= 0.3 is 0 Å². The molecule has 0 saturated heterocycles. The van der Waals surface area contributed by atoms with Gasteiger partial charge in [-0.1, -0.05) is 26.8 Å². The first-order valence-corrected chi connectivity index (χ1v) is 8.28. The summed E-state index contributed by atoms with van der Waals surface area (Å²) in [4.78, 5) is 4.26. The highest BCUT2D eigenvalue weighted by molar-refractivity contribution is 14.0. The third kappa shape index (κ3) is 7.59. The highest BCUT2D eigenvalue weighted by Crippen LogP contribution is 2.28. The number of ether oxygens (including phenoxy) is 2. The van der Waals surface area contributed by atoms with Crippen molar-refractivity contribution < 1.29 is 9.47 Å². The van der Waals surface area contributed by atoms with E-state index in [1.54, 1.807) is 14.2 Å². The monoisotopic (exact) mass is 449 g/mol. The zero-order valence-corrected chi connectivity index (χ0v) is 18.0. The standard InChI is InChI=1S/C18H31N3O2.HI/c1-7-10-23-16-9-8-15(11-17(16)22-6)12-20-18(19-5)21-14(4)13(2)3;/h8-9,11,13-14H,7,10,12H2,1-6H3,(H2,19,20,21);1H. The van der Waals surface area contributed by atoms with Crippen molar-refractivity contribution in [3.05, 3.63) is 23.8 Å². The average Bonchev–Trinajstić information content (AvgIpc) is 2.56. The van der Waals surface area contributed by atoms with Crippen molar-refractivity contribution in [2.24, 2.45) is 10.9 Å². The summed E-state index contributed by atoms with van der Waals surface area (Å²) in [6.45, 7) is 9.98. The van der Waals surface area contributed by atoms with Gasteiger partial charge in [-0.05, 0) is 37.0 Å². The summed E-state index contributed by atoms with van der Waals surface area (Å²) in [7, 11) is 3.45. The van der Waals surface area contributed by atoms with Gasteiger partial charge in [-0.3, -0.25) is 4.99 Å². The van der Waals surface area contributed by atoms with E-state index in [2.05, 4.69) is 43.3 Å². The Hall–Kier alpha value is -1.18. The molecule has 0 radical (unpaired) electrons. The number of aliphatic imine (C=N–C) groups is 1. The van der Waals surface area contributed by atoms with Crippen molar-refractivity contribution in [2.45, 2.75) is 46.7 Å². The van der Waals surface area contributed by atoms with Crippen LogP contribution in [0.5, 0.6) is 11.5 Å². The molecule has 6 heteroatoms. The summed E-state index contributed by atoms with van der Waals surface area (Å²) >= 11 is 0. The van der Waals surface area contributed by atoms with Gasteiger partial charge in [0.05, 0.1) is 13.7 Å². The van der Waals surface area contributed by atoms with Gasteiger partial charge in [0.2, 0.25) is 0 Å². The van der Waals surface area contributed by atoms with E-state index >= 15 is 0 Å². The Kier molecular flexibility index (Phi) is 11.6. The van der Waals surface area contributed by atoms with Crippen LogP contribution in [0.15, 0.2) is 23.2 Å². The molecular weight excluding hydrogens is 417 g/mol. The molecule has 24 heavy (non-hydrogen) atoms. The summed E-state index contributed by atoms with van der Waals surface area (Å²) in [5.41, 5.74) is 1.12. The van der Waals surface area contributed by atoms with Crippen LogP contribution in [0.2, 0.25) is 0 Å². The summed E-state index contributed by atoms with van der Waals surface area (Å²) in [6, 6.07) is 6.36. The van der Waals surface area contributed by atoms with Crippen molar-refractivity contribution in [3.63, 3.8) is 0 Å². The van der Waals surface area contributed by atoms with Crippen molar-refractivity contribution >= 4 is 29.9 Å². The molecule has 138 valence electrons. The predicted molar refractivity (Wildman–Crippen MR) is 112 cm³/mol. The Labute approximate surface area is 163 Å². The molecule has 0 aromatic heterocycles. The summed E-state index contributed by atoms with van der Waals surface area (Å²) in [5.74, 6) is 2.89. The van der Waals surface area contributed by atoms with Crippen LogP contribution < -0.4 is 20.1 Å². The second kappa shape index (κ2) is 12.2. The molecule has 1 unspecified atom stereocenters. The zero-order chi connectivity index (χ0) is 17.2. The van der Waals surface area contributed by atoms with Crippen LogP contribution in [0.1, 0.15) is 39.7 Å². The van der Waals surface area contributed by atoms with E-state index in [1.165, 1.54) is 0 Å². The van der Waals surface area contributed by atoms with Crippen molar-refractivity contribution in [1.29, 1.82) is 0 Å². The van der Waals surface area contributed by atoms with Gasteiger partial charge in [0.15, 0.2) is 17.5 Å². The van der Waals surface area contributed by atoms with Crippen LogP contribution in [0.4, 0.5) is 0 Å². The molecule has 0 aliphatic heterocycles. The number of halogens is 1. The molecule has 0 spiro atoms. The minimum atomic E-state index is 0. The highest BCUT2D eigenvalue weighted by Gasteiger charge is 2.10. The maximum atomic E-state index is 5.68. The number of nitrogens with zero attached hydrogens (tertiary/aromatic N) is 1. The third-order valence-electron chi connectivity index (χ3n) is 3.74. The summed E-state index contributed by atoms with van der Waals surface area (Å²) in [5, 5.41) is 6.72. The molecule has 1 aromatic rings. The van der Waals surface area contributed by atoms with Crippen LogP contribution in [-0.2, 0) is 6.54 Å². The smallest absolute Gasteiger partial charge is 0.191 e. The lowest BCUT2D eigenvalue weighted by Crippen LogP contribution is -2.43. The lowest BCUT2D eigenvalue weighted by atomic mass is 10.1. The average molecular weight is 449 g/mol. The first-order valence-electron chi connectivity index (χ1n) is 8.28. The molecule has 0 fully saturated rings. The largest absolute Gasteiger partial charge is 0.493 e. The van der Waals surface area contributed by atoms with Gasteiger partial charge in [-0.2, -0.15) is 0 Å². The van der Waals surface area contributed by atoms with Gasteiger partial charge in [0.1, 0.15) is 0 Å². The van der Waals surface area contributed by atoms with E-state index in [1.807, 2.05) is 18.2 Å². The van der Waals surface area contributed by atoms with E-state index in [-0.39, 0.29) is 24.0 Å². The molecule has 0 aliphatic rings. The number of rotatable bonds is 8. The topological polar surface area (TPSA) is 54.9 Å². The van der Waals surface area contributed by atoms with E-state index < -0.39 is 0 Å². The number of benzene rings is 1. The molecule has 1 rings (SSSR count). The molecule has 0 heterocycles. The minimum absolute atomic E-state index is 0. The Morgan fingerprint density at radius 3 is 2.46 bits per heavy atom. The molecule has 0 amide bonds. The van der Waals surface area contributed by atoms with Crippen LogP contribution in [-0.4, -0.2) is 32.8 Å². The van der Waals surface area contributed by atoms with Gasteiger partial charge in [0, 0.05) is 19.6 Å². The first kappa shape index (κ1) is 22.8. The second-order valence-corrected chi connectivity index (χ2v) is 5.94. The molecule has 0 aliphatic carbocycles. The van der Waals surface area contributed by atoms with Crippen LogP contribution >= 0.6 is 24.0 Å². The molecule has 1 atom stereocenters. The van der Waals surface area contributed by atoms with Crippen molar-refractivity contribution in [1.82, 2.24) is 10.6 Å². The molecule has 5 nitrogen and oxygen atoms in total. The highest BCUT2D eigenvalue weighted by atomic mass is 127. The maximum Gasteiger partial charge on any atom is 0.191 e. The van der Waals surface area contributed by atoms with Gasteiger partial charge in [-0.15, -0.1) is 24.0 Å². The van der Waals surface area contributed by atoms with E-state index in [4.69, 9.17) is 9.47 Å². The molecule has 0 saturated carbocycles. The Balaban J connectivity index is 0.00000529. The number of hydrogen-bond acceptors (Lipinski definition) is 3. The second-order valence-electron chi connectivity index (χ2n) is 5.94. The van der Waals surface area contributed by atoms with Crippen molar-refractivity contribution in [3.8, 4) is 11.5 Å². The van der Waals surface area contributed by atoms with Crippen LogP contribution in [0.3, 0.4) is 0 Å². The number of nitrogens with one attached hydrogen (secondary N) is 2. The van der Waals surface area contributed by atoms with E-state index in [9.17, 15) is 0 Å². The molecule has 1 aromatic carbocycles. The van der Waals surface area contributed by atoms with Crippen LogP contribution in [0.25, 0.3) is 0 Å². The van der Waals surface area contributed by atoms with Gasteiger partial charge in [-0.25, -0.2) is 0 Å². The molecule has 2 N–H and O–H groups in total. The van der Waals surface area contributed by atoms with Crippen LogP contribution in [0, 0.1) is 5.92 Å². The summed E-state index contributed by atoms with van der Waals surface area (Å²) in [6.07, 6.45) is 0.975. The van der Waals surface area contributed by atoms with Gasteiger partial charge < -0.3 is 20.1 Å². The summed E-state index contributed by atoms with van der Waals surface area (Å²) < 4.78 is 11.1. The lowest BCUT2D eigenvalue weighted by Gasteiger charge is -2.21. The fourth-order valence-electron chi connectivity index (χ4n) is 1.92. The maximum absolute atomic E-state index is 5.68. The van der Waals surface area contributed by atoms with Crippen molar-refractivity contribution in [2.75, 3.05) is 20.8 Å². The van der Waals surface area contributed by atoms with E-state index in [0.29, 0.717) is 25.1 Å². The number of hydrogen-bond donors (Lipinski definition) is 2. The zero-order valence-electron chi connectivity index (χ0n) is 15.7. The molecular formula is C18H32IN3O2.